The van der Waals surface area contributed by atoms with Gasteiger partial charge in [-0.25, -0.2) is 0 Å². The number of anilines is 1. The molecule has 0 saturated carbocycles. The molecule has 2 aliphatic heterocycles. The molecule has 4 nitrogen and oxygen atoms in total. The van der Waals surface area contributed by atoms with Crippen LogP contribution in [0.2, 0.25) is 0 Å². The van der Waals surface area contributed by atoms with Gasteiger partial charge in [-0.1, -0.05) is 0 Å². The van der Waals surface area contributed by atoms with Crippen LogP contribution in [0.4, 0.5) is 5.69 Å². The summed E-state index contributed by atoms with van der Waals surface area (Å²) in [7, 11) is 2.21. The Kier molecular flexibility index (Phi) is 3.51. The van der Waals surface area contributed by atoms with Crippen molar-refractivity contribution in [2.75, 3.05) is 32.2 Å². The van der Waals surface area contributed by atoms with Gasteiger partial charge in [0.25, 0.3) is 0 Å². The van der Waals surface area contributed by atoms with Crippen LogP contribution in [-0.4, -0.2) is 37.9 Å². The van der Waals surface area contributed by atoms with E-state index in [9.17, 15) is 0 Å². The Labute approximate surface area is 114 Å². The van der Waals surface area contributed by atoms with Crippen LogP contribution in [0.1, 0.15) is 19.8 Å². The second kappa shape index (κ2) is 5.29. The summed E-state index contributed by atoms with van der Waals surface area (Å²) in [4.78, 5) is 2.42. The topological polar surface area (TPSA) is 33.7 Å². The Bertz CT molecular complexity index is 450. The monoisotopic (exact) mass is 262 g/mol. The van der Waals surface area contributed by atoms with Crippen molar-refractivity contribution in [1.29, 1.82) is 0 Å². The van der Waals surface area contributed by atoms with E-state index in [0.29, 0.717) is 18.8 Å². The molecule has 0 aliphatic carbocycles. The molecule has 0 radical (unpaired) electrons. The molecule has 19 heavy (non-hydrogen) atoms. The second-order valence-electron chi connectivity index (χ2n) is 5.67. The lowest BCUT2D eigenvalue weighted by Crippen LogP contribution is -2.39. The first-order valence-electron chi connectivity index (χ1n) is 7.07. The van der Waals surface area contributed by atoms with Crippen molar-refractivity contribution in [2.45, 2.75) is 25.8 Å². The van der Waals surface area contributed by atoms with E-state index in [-0.39, 0.29) is 0 Å². The maximum atomic E-state index is 5.41. The van der Waals surface area contributed by atoms with Crippen molar-refractivity contribution in [2.24, 2.45) is 5.92 Å². The number of fused-ring (bicyclic) bond motifs is 1. The molecule has 4 heteroatoms. The number of benzene rings is 1. The van der Waals surface area contributed by atoms with Crippen LogP contribution in [-0.2, 0) is 0 Å². The molecule has 1 saturated heterocycles. The van der Waals surface area contributed by atoms with Gasteiger partial charge in [0, 0.05) is 24.3 Å². The van der Waals surface area contributed by atoms with E-state index in [1.807, 2.05) is 12.1 Å². The molecule has 1 aromatic carbocycles. The van der Waals surface area contributed by atoms with E-state index < -0.39 is 0 Å². The van der Waals surface area contributed by atoms with E-state index >= 15 is 0 Å². The Hall–Kier alpha value is -1.42. The third-order valence-electron chi connectivity index (χ3n) is 4.13. The fourth-order valence-electron chi connectivity index (χ4n) is 2.98. The predicted molar refractivity (Wildman–Crippen MR) is 75.9 cm³/mol. The third kappa shape index (κ3) is 2.78. The van der Waals surface area contributed by atoms with E-state index in [1.54, 1.807) is 0 Å². The standard InChI is InChI=1S/C15H22N2O2/c1-11(12-4-3-7-17(2)9-12)16-13-5-6-14-15(8-13)19-10-18-14/h5-6,8,11-12,16H,3-4,7,9-10H2,1-2H3. The van der Waals surface area contributed by atoms with Crippen molar-refractivity contribution >= 4 is 5.69 Å². The number of ether oxygens (including phenoxy) is 2. The Morgan fingerprint density at radius 2 is 2.16 bits per heavy atom. The molecule has 104 valence electrons. The minimum Gasteiger partial charge on any atom is -0.454 e. The Balaban J connectivity index is 1.64. The Morgan fingerprint density at radius 1 is 1.32 bits per heavy atom. The Morgan fingerprint density at radius 3 is 3.00 bits per heavy atom. The highest BCUT2D eigenvalue weighted by Crippen LogP contribution is 2.34. The molecule has 1 aromatic rings. The number of hydrogen-bond donors (Lipinski definition) is 1. The minimum absolute atomic E-state index is 0.335. The molecule has 2 aliphatic rings. The first kappa shape index (κ1) is 12.6. The van der Waals surface area contributed by atoms with Crippen molar-refractivity contribution < 1.29 is 9.47 Å². The van der Waals surface area contributed by atoms with Crippen LogP contribution in [0.3, 0.4) is 0 Å². The molecule has 2 heterocycles. The number of rotatable bonds is 3. The average Bonchev–Trinajstić information content (AvgIpc) is 2.86. The van der Waals surface area contributed by atoms with Gasteiger partial charge >= 0.3 is 0 Å². The van der Waals surface area contributed by atoms with Crippen molar-refractivity contribution in [3.05, 3.63) is 18.2 Å². The number of piperidine rings is 1. The van der Waals surface area contributed by atoms with Crippen molar-refractivity contribution in [1.82, 2.24) is 4.90 Å². The number of nitrogens with one attached hydrogen (secondary N) is 1. The highest BCUT2D eigenvalue weighted by molar-refractivity contribution is 5.56. The van der Waals surface area contributed by atoms with Gasteiger partial charge in [-0.2, -0.15) is 0 Å². The largest absolute Gasteiger partial charge is 0.454 e. The molecule has 2 atom stereocenters. The van der Waals surface area contributed by atoms with Crippen LogP contribution < -0.4 is 14.8 Å². The zero-order chi connectivity index (χ0) is 13.2. The summed E-state index contributed by atoms with van der Waals surface area (Å²) in [5, 5.41) is 3.60. The fourth-order valence-corrected chi connectivity index (χ4v) is 2.98. The van der Waals surface area contributed by atoms with Gasteiger partial charge in [0.1, 0.15) is 0 Å². The van der Waals surface area contributed by atoms with Crippen molar-refractivity contribution in [3.63, 3.8) is 0 Å². The highest BCUT2D eigenvalue weighted by Gasteiger charge is 2.23. The van der Waals surface area contributed by atoms with E-state index in [1.165, 1.54) is 25.9 Å². The maximum absolute atomic E-state index is 5.41. The van der Waals surface area contributed by atoms with Gasteiger partial charge in [0.15, 0.2) is 11.5 Å². The molecule has 0 amide bonds. The lowest BCUT2D eigenvalue weighted by atomic mass is 9.92. The van der Waals surface area contributed by atoms with Gasteiger partial charge < -0.3 is 19.7 Å². The first-order chi connectivity index (χ1) is 9.22. The summed E-state index contributed by atoms with van der Waals surface area (Å²) in [6, 6.07) is 6.55. The smallest absolute Gasteiger partial charge is 0.231 e. The zero-order valence-corrected chi connectivity index (χ0v) is 11.7. The molecule has 3 rings (SSSR count). The van der Waals surface area contributed by atoms with Crippen LogP contribution in [0.5, 0.6) is 11.5 Å². The average molecular weight is 262 g/mol. The minimum atomic E-state index is 0.335. The molecule has 1 N–H and O–H groups in total. The fraction of sp³-hybridized carbons (Fsp3) is 0.600. The van der Waals surface area contributed by atoms with E-state index in [2.05, 4.69) is 30.3 Å². The van der Waals surface area contributed by atoms with Gasteiger partial charge in [-0.15, -0.1) is 0 Å². The second-order valence-corrected chi connectivity index (χ2v) is 5.67. The number of hydrogen-bond acceptors (Lipinski definition) is 4. The molecular formula is C15H22N2O2. The number of likely N-dealkylation sites (tertiary alicyclic amines) is 1. The summed E-state index contributed by atoms with van der Waals surface area (Å²) in [5.41, 5.74) is 1.12. The lowest BCUT2D eigenvalue weighted by molar-refractivity contribution is 0.174. The summed E-state index contributed by atoms with van der Waals surface area (Å²) >= 11 is 0. The summed E-state index contributed by atoms with van der Waals surface area (Å²) in [5.74, 6) is 2.40. The van der Waals surface area contributed by atoms with Crippen LogP contribution in [0.25, 0.3) is 0 Å². The van der Waals surface area contributed by atoms with E-state index in [0.717, 1.165) is 17.2 Å². The first-order valence-corrected chi connectivity index (χ1v) is 7.07. The summed E-state index contributed by atoms with van der Waals surface area (Å²) in [6.45, 7) is 5.02. The molecule has 0 spiro atoms. The molecule has 2 unspecified atom stereocenters. The van der Waals surface area contributed by atoms with Crippen LogP contribution in [0.15, 0.2) is 18.2 Å². The predicted octanol–water partition coefficient (Wildman–Crippen LogP) is 2.56. The summed E-state index contributed by atoms with van der Waals surface area (Å²) < 4.78 is 10.7. The molecule has 0 aromatic heterocycles. The maximum Gasteiger partial charge on any atom is 0.231 e. The van der Waals surface area contributed by atoms with Crippen molar-refractivity contribution in [3.8, 4) is 11.5 Å². The van der Waals surface area contributed by atoms with Gasteiger partial charge in [-0.05, 0) is 51.4 Å². The molecule has 1 fully saturated rings. The van der Waals surface area contributed by atoms with E-state index in [4.69, 9.17) is 9.47 Å². The third-order valence-corrected chi connectivity index (χ3v) is 4.13. The van der Waals surface area contributed by atoms with Gasteiger partial charge in [-0.3, -0.25) is 0 Å². The lowest BCUT2D eigenvalue weighted by Gasteiger charge is -2.34. The number of nitrogens with zero attached hydrogens (tertiary/aromatic N) is 1. The summed E-state index contributed by atoms with van der Waals surface area (Å²) in [6.07, 6.45) is 2.61. The highest BCUT2D eigenvalue weighted by atomic mass is 16.7. The quantitative estimate of drug-likeness (QED) is 0.907. The SMILES string of the molecule is CC(Nc1ccc2c(c1)OCO2)C1CCCN(C)C1. The molecule has 0 bridgehead atoms. The van der Waals surface area contributed by atoms with Gasteiger partial charge in [0.05, 0.1) is 0 Å². The molecular weight excluding hydrogens is 240 g/mol. The van der Waals surface area contributed by atoms with Crippen LogP contribution >= 0.6 is 0 Å². The normalized spacial score (nSPS) is 24.2. The zero-order valence-electron chi connectivity index (χ0n) is 11.7. The van der Waals surface area contributed by atoms with Gasteiger partial charge in [0.2, 0.25) is 6.79 Å². The van der Waals surface area contributed by atoms with Crippen LogP contribution in [0, 0.1) is 5.92 Å².